The van der Waals surface area contributed by atoms with Gasteiger partial charge in [-0.25, -0.2) is 0 Å². The summed E-state index contributed by atoms with van der Waals surface area (Å²) in [7, 11) is 0. The molecule has 3 nitrogen and oxygen atoms in total. The summed E-state index contributed by atoms with van der Waals surface area (Å²) in [6, 6.07) is 4.27. The molecule has 0 unspecified atom stereocenters. The van der Waals surface area contributed by atoms with Crippen LogP contribution in [0.2, 0.25) is 0 Å². The molecule has 1 aromatic heterocycles. The molecule has 0 bridgehead atoms. The van der Waals surface area contributed by atoms with Crippen LogP contribution in [0.15, 0.2) is 17.5 Å². The fraction of sp³-hybridized carbons (Fsp3) is 0.545. The lowest BCUT2D eigenvalue weighted by atomic mass is 10.3. The third-order valence-corrected chi connectivity index (χ3v) is 3.59. The number of hydrogen-bond acceptors (Lipinski definition) is 3. The Kier molecular flexibility index (Phi) is 3.75. The summed E-state index contributed by atoms with van der Waals surface area (Å²) in [5.74, 6) is 0. The minimum absolute atomic E-state index is 0.870. The molecule has 4 heteroatoms. The number of carbonyl (C=O) groups is 1. The van der Waals surface area contributed by atoms with E-state index in [1.54, 1.807) is 11.3 Å². The van der Waals surface area contributed by atoms with Gasteiger partial charge in [-0.15, -0.1) is 11.3 Å². The average Bonchev–Trinajstić information content (AvgIpc) is 2.64. The summed E-state index contributed by atoms with van der Waals surface area (Å²) in [5.41, 5.74) is 0. The van der Waals surface area contributed by atoms with Crippen LogP contribution in [0.3, 0.4) is 0 Å². The van der Waals surface area contributed by atoms with Gasteiger partial charge in [0.1, 0.15) is 0 Å². The molecule has 0 N–H and O–H groups in total. The number of carbonyl (C=O) groups excluding carboxylic acids is 1. The molecule has 0 radical (unpaired) electrons. The van der Waals surface area contributed by atoms with Crippen LogP contribution >= 0.6 is 11.3 Å². The van der Waals surface area contributed by atoms with E-state index in [2.05, 4.69) is 22.4 Å². The zero-order chi connectivity index (χ0) is 10.5. The topological polar surface area (TPSA) is 23.6 Å². The van der Waals surface area contributed by atoms with Gasteiger partial charge in [-0.3, -0.25) is 9.69 Å². The van der Waals surface area contributed by atoms with E-state index in [4.69, 9.17) is 0 Å². The van der Waals surface area contributed by atoms with Gasteiger partial charge in [0, 0.05) is 37.6 Å². The van der Waals surface area contributed by atoms with E-state index in [1.807, 2.05) is 4.90 Å². The summed E-state index contributed by atoms with van der Waals surface area (Å²) >= 11 is 1.81. The molecule has 1 aromatic rings. The van der Waals surface area contributed by atoms with E-state index in [-0.39, 0.29) is 0 Å². The molecule has 1 aliphatic rings. The molecule has 0 spiro atoms. The highest BCUT2D eigenvalue weighted by molar-refractivity contribution is 7.09. The third-order valence-electron chi connectivity index (χ3n) is 2.73. The first-order valence-corrected chi connectivity index (χ1v) is 6.20. The largest absolute Gasteiger partial charge is 0.344 e. The minimum Gasteiger partial charge on any atom is -0.344 e. The van der Waals surface area contributed by atoms with Crippen LogP contribution in [0.4, 0.5) is 0 Å². The Labute approximate surface area is 94.3 Å². The molecule has 1 amide bonds. The Bertz CT molecular complexity index is 300. The zero-order valence-corrected chi connectivity index (χ0v) is 9.58. The fourth-order valence-corrected chi connectivity index (χ4v) is 2.62. The molecular weight excluding hydrogens is 208 g/mol. The Hall–Kier alpha value is -0.870. The van der Waals surface area contributed by atoms with Crippen molar-refractivity contribution in [2.45, 2.75) is 13.0 Å². The summed E-state index contributed by atoms with van der Waals surface area (Å²) in [6.45, 7) is 4.91. The second kappa shape index (κ2) is 5.28. The third kappa shape index (κ3) is 3.04. The Morgan fingerprint density at radius 3 is 3.00 bits per heavy atom. The SMILES string of the molecule is O=CN1CCCN(Cc2cccs2)CC1. The van der Waals surface area contributed by atoms with Crippen LogP contribution in [-0.4, -0.2) is 42.4 Å². The number of hydrogen-bond donors (Lipinski definition) is 0. The fourth-order valence-electron chi connectivity index (χ4n) is 1.88. The van der Waals surface area contributed by atoms with Gasteiger partial charge in [0.15, 0.2) is 0 Å². The van der Waals surface area contributed by atoms with Gasteiger partial charge < -0.3 is 4.90 Å². The molecule has 0 atom stereocenters. The first-order valence-electron chi connectivity index (χ1n) is 5.32. The minimum atomic E-state index is 0.870. The Morgan fingerprint density at radius 1 is 1.33 bits per heavy atom. The Morgan fingerprint density at radius 2 is 2.27 bits per heavy atom. The van der Waals surface area contributed by atoms with Crippen LogP contribution < -0.4 is 0 Å². The highest BCUT2D eigenvalue weighted by Gasteiger charge is 2.13. The maximum atomic E-state index is 10.6. The molecule has 0 saturated carbocycles. The van der Waals surface area contributed by atoms with E-state index in [0.717, 1.165) is 45.6 Å². The standard InChI is InChI=1S/C11H16N2OS/c14-10-13-5-2-4-12(6-7-13)9-11-3-1-8-15-11/h1,3,8,10H,2,4-7,9H2. The lowest BCUT2D eigenvalue weighted by Crippen LogP contribution is -2.29. The van der Waals surface area contributed by atoms with Crippen LogP contribution in [-0.2, 0) is 11.3 Å². The van der Waals surface area contributed by atoms with Gasteiger partial charge in [0.05, 0.1) is 0 Å². The van der Waals surface area contributed by atoms with Crippen molar-refractivity contribution in [1.82, 2.24) is 9.80 Å². The van der Waals surface area contributed by atoms with E-state index in [0.29, 0.717) is 0 Å². The second-order valence-corrected chi connectivity index (χ2v) is 4.88. The predicted molar refractivity (Wildman–Crippen MR) is 61.9 cm³/mol. The molecule has 2 rings (SSSR count). The second-order valence-electron chi connectivity index (χ2n) is 3.85. The molecule has 82 valence electrons. The number of rotatable bonds is 3. The summed E-state index contributed by atoms with van der Waals surface area (Å²) < 4.78 is 0. The molecule has 1 fully saturated rings. The van der Waals surface area contributed by atoms with Crippen molar-refractivity contribution in [3.8, 4) is 0 Å². The van der Waals surface area contributed by atoms with Gasteiger partial charge in [0.25, 0.3) is 0 Å². The normalized spacial score (nSPS) is 18.8. The highest BCUT2D eigenvalue weighted by atomic mass is 32.1. The zero-order valence-electron chi connectivity index (χ0n) is 8.76. The van der Waals surface area contributed by atoms with Crippen molar-refractivity contribution in [2.75, 3.05) is 26.2 Å². The van der Waals surface area contributed by atoms with E-state index >= 15 is 0 Å². The van der Waals surface area contributed by atoms with Crippen molar-refractivity contribution in [1.29, 1.82) is 0 Å². The van der Waals surface area contributed by atoms with Crippen LogP contribution in [0, 0.1) is 0 Å². The number of amides is 1. The maximum Gasteiger partial charge on any atom is 0.209 e. The Balaban J connectivity index is 1.86. The lowest BCUT2D eigenvalue weighted by Gasteiger charge is -2.18. The lowest BCUT2D eigenvalue weighted by molar-refractivity contribution is -0.118. The maximum absolute atomic E-state index is 10.6. The number of thiophene rings is 1. The van der Waals surface area contributed by atoms with Gasteiger partial charge in [-0.1, -0.05) is 6.07 Å². The van der Waals surface area contributed by atoms with Gasteiger partial charge in [0.2, 0.25) is 6.41 Å². The number of nitrogens with zero attached hydrogens (tertiary/aromatic N) is 2. The predicted octanol–water partition coefficient (Wildman–Crippen LogP) is 1.41. The van der Waals surface area contributed by atoms with Crippen molar-refractivity contribution >= 4 is 17.7 Å². The van der Waals surface area contributed by atoms with E-state index in [9.17, 15) is 4.79 Å². The van der Waals surface area contributed by atoms with Crippen LogP contribution in [0.5, 0.6) is 0 Å². The van der Waals surface area contributed by atoms with Crippen molar-refractivity contribution < 1.29 is 4.79 Å². The molecule has 0 aliphatic carbocycles. The van der Waals surface area contributed by atoms with Crippen molar-refractivity contribution in [3.05, 3.63) is 22.4 Å². The van der Waals surface area contributed by atoms with Crippen LogP contribution in [0.1, 0.15) is 11.3 Å². The molecule has 1 saturated heterocycles. The van der Waals surface area contributed by atoms with Crippen LogP contribution in [0.25, 0.3) is 0 Å². The van der Waals surface area contributed by atoms with E-state index in [1.165, 1.54) is 4.88 Å². The molecular formula is C11H16N2OS. The molecule has 1 aliphatic heterocycles. The van der Waals surface area contributed by atoms with Gasteiger partial charge in [-0.05, 0) is 17.9 Å². The monoisotopic (exact) mass is 224 g/mol. The van der Waals surface area contributed by atoms with Gasteiger partial charge in [-0.2, -0.15) is 0 Å². The van der Waals surface area contributed by atoms with E-state index < -0.39 is 0 Å². The first kappa shape index (κ1) is 10.6. The molecule has 0 aromatic carbocycles. The molecule has 15 heavy (non-hydrogen) atoms. The quantitative estimate of drug-likeness (QED) is 0.725. The summed E-state index contributed by atoms with van der Waals surface area (Å²) in [4.78, 5) is 16.4. The summed E-state index contributed by atoms with van der Waals surface area (Å²) in [5, 5.41) is 2.12. The van der Waals surface area contributed by atoms with Crippen molar-refractivity contribution in [3.63, 3.8) is 0 Å². The first-order chi connectivity index (χ1) is 7.38. The molecule has 2 heterocycles. The smallest absolute Gasteiger partial charge is 0.209 e. The van der Waals surface area contributed by atoms with Crippen molar-refractivity contribution in [2.24, 2.45) is 0 Å². The van der Waals surface area contributed by atoms with Gasteiger partial charge >= 0.3 is 0 Å². The highest BCUT2D eigenvalue weighted by Crippen LogP contribution is 2.13. The summed E-state index contributed by atoms with van der Waals surface area (Å²) in [6.07, 6.45) is 2.05. The average molecular weight is 224 g/mol.